The van der Waals surface area contributed by atoms with E-state index in [0.717, 1.165) is 24.9 Å². The highest BCUT2D eigenvalue weighted by Crippen LogP contribution is 2.33. The van der Waals surface area contributed by atoms with Gasteiger partial charge in [0.2, 0.25) is 0 Å². The summed E-state index contributed by atoms with van der Waals surface area (Å²) in [6.45, 7) is 0. The molecule has 0 saturated heterocycles. The first-order valence-corrected chi connectivity index (χ1v) is 8.29. The second kappa shape index (κ2) is 6.08. The summed E-state index contributed by atoms with van der Waals surface area (Å²) in [5.74, 6) is -0.0779. The Labute approximate surface area is 133 Å². The van der Waals surface area contributed by atoms with Crippen LogP contribution in [0, 0.1) is 0 Å². The lowest BCUT2D eigenvalue weighted by atomic mass is 9.93. The van der Waals surface area contributed by atoms with Crippen LogP contribution in [-0.4, -0.2) is 13.0 Å². The van der Waals surface area contributed by atoms with Crippen LogP contribution in [0.5, 0.6) is 0 Å². The fourth-order valence-corrected chi connectivity index (χ4v) is 3.95. The maximum atomic E-state index is 12.6. The van der Waals surface area contributed by atoms with Crippen LogP contribution in [0.1, 0.15) is 39.7 Å². The first kappa shape index (κ1) is 14.4. The van der Waals surface area contributed by atoms with E-state index in [1.807, 2.05) is 6.07 Å². The van der Waals surface area contributed by atoms with Gasteiger partial charge in [-0.05, 0) is 54.5 Å². The minimum Gasteiger partial charge on any atom is -0.387 e. The molecule has 2 aromatic rings. The van der Waals surface area contributed by atoms with Crippen molar-refractivity contribution in [1.82, 2.24) is 5.32 Å². The van der Waals surface area contributed by atoms with Crippen molar-refractivity contribution >= 4 is 34.5 Å². The van der Waals surface area contributed by atoms with Gasteiger partial charge in [-0.25, -0.2) is 0 Å². The first-order valence-electron chi connectivity index (χ1n) is 7.03. The number of halogens is 1. The smallest absolute Gasteiger partial charge is 0.253 e. The van der Waals surface area contributed by atoms with E-state index in [9.17, 15) is 4.79 Å². The van der Waals surface area contributed by atoms with Crippen LogP contribution in [0.2, 0.25) is 5.02 Å². The zero-order valence-electron chi connectivity index (χ0n) is 11.8. The van der Waals surface area contributed by atoms with Crippen molar-refractivity contribution in [2.75, 3.05) is 12.4 Å². The molecule has 0 radical (unpaired) electrons. The number of fused-ring (bicyclic) bond motifs is 1. The van der Waals surface area contributed by atoms with Crippen molar-refractivity contribution in [2.45, 2.75) is 25.3 Å². The highest BCUT2D eigenvalue weighted by molar-refractivity contribution is 7.10. The molecule has 0 saturated carbocycles. The highest BCUT2D eigenvalue weighted by Gasteiger charge is 2.24. The largest absolute Gasteiger partial charge is 0.387 e. The number of amides is 1. The van der Waals surface area contributed by atoms with Gasteiger partial charge in [0.05, 0.1) is 11.6 Å². The number of rotatable bonds is 3. The minimum absolute atomic E-state index is 0.0779. The van der Waals surface area contributed by atoms with Gasteiger partial charge in [0.1, 0.15) is 0 Å². The number of benzene rings is 1. The molecule has 1 heterocycles. The molecule has 0 bridgehead atoms. The van der Waals surface area contributed by atoms with E-state index < -0.39 is 0 Å². The van der Waals surface area contributed by atoms with E-state index in [4.69, 9.17) is 11.6 Å². The van der Waals surface area contributed by atoms with Crippen LogP contribution in [0.25, 0.3) is 0 Å². The third-order valence-electron chi connectivity index (χ3n) is 3.85. The quantitative estimate of drug-likeness (QED) is 0.887. The van der Waals surface area contributed by atoms with E-state index in [1.165, 1.54) is 10.4 Å². The van der Waals surface area contributed by atoms with Gasteiger partial charge < -0.3 is 10.6 Å². The summed E-state index contributed by atoms with van der Waals surface area (Å²) in [5, 5.41) is 8.86. The number of hydrogen-bond acceptors (Lipinski definition) is 3. The Morgan fingerprint density at radius 3 is 3.05 bits per heavy atom. The Kier molecular flexibility index (Phi) is 4.17. The molecule has 1 atom stereocenters. The fourth-order valence-electron chi connectivity index (χ4n) is 2.79. The summed E-state index contributed by atoms with van der Waals surface area (Å²) >= 11 is 7.80. The monoisotopic (exact) mass is 320 g/mol. The van der Waals surface area contributed by atoms with Crippen LogP contribution in [0.4, 0.5) is 5.69 Å². The number of carbonyl (C=O) groups is 1. The molecule has 1 amide bonds. The molecule has 1 aromatic heterocycles. The summed E-state index contributed by atoms with van der Waals surface area (Å²) in [5.41, 5.74) is 2.65. The van der Waals surface area contributed by atoms with Gasteiger partial charge in [0.15, 0.2) is 0 Å². The molecule has 2 N–H and O–H groups in total. The third kappa shape index (κ3) is 2.92. The molecule has 1 aromatic carbocycles. The Bertz CT molecular complexity index is 668. The van der Waals surface area contributed by atoms with Gasteiger partial charge >= 0.3 is 0 Å². The molecule has 110 valence electrons. The molecule has 5 heteroatoms. The average Bonchev–Trinajstić information content (AvgIpc) is 2.96. The molecular formula is C16H17ClN2OS. The van der Waals surface area contributed by atoms with E-state index in [1.54, 1.807) is 30.5 Å². The molecule has 1 aliphatic carbocycles. The third-order valence-corrected chi connectivity index (χ3v) is 5.08. The number of hydrogen-bond donors (Lipinski definition) is 2. The molecule has 0 spiro atoms. The zero-order chi connectivity index (χ0) is 14.8. The van der Waals surface area contributed by atoms with Crippen molar-refractivity contribution in [3.63, 3.8) is 0 Å². The topological polar surface area (TPSA) is 41.1 Å². The molecule has 1 unspecified atom stereocenters. The molecule has 0 aliphatic heterocycles. The Morgan fingerprint density at radius 2 is 2.24 bits per heavy atom. The van der Waals surface area contributed by atoms with Gasteiger partial charge in [-0.15, -0.1) is 11.3 Å². The molecule has 3 rings (SSSR count). The molecule has 21 heavy (non-hydrogen) atoms. The van der Waals surface area contributed by atoms with E-state index in [0.29, 0.717) is 10.6 Å². The van der Waals surface area contributed by atoms with E-state index in [-0.39, 0.29) is 11.9 Å². The van der Waals surface area contributed by atoms with E-state index in [2.05, 4.69) is 22.1 Å². The first-order chi connectivity index (χ1) is 10.2. The summed E-state index contributed by atoms with van der Waals surface area (Å²) < 4.78 is 0. The molecule has 0 fully saturated rings. The number of nitrogens with one attached hydrogen (secondary N) is 2. The zero-order valence-corrected chi connectivity index (χ0v) is 13.4. The molecular weight excluding hydrogens is 304 g/mol. The Morgan fingerprint density at radius 1 is 1.38 bits per heavy atom. The van der Waals surface area contributed by atoms with Crippen molar-refractivity contribution in [2.24, 2.45) is 0 Å². The van der Waals surface area contributed by atoms with Crippen LogP contribution in [0.3, 0.4) is 0 Å². The molecule has 1 aliphatic rings. The number of thiophene rings is 1. The Balaban J connectivity index is 1.84. The lowest BCUT2D eigenvalue weighted by molar-refractivity contribution is 0.0934. The Hall–Kier alpha value is -1.52. The number of aryl methyl sites for hydroxylation is 1. The number of carbonyl (C=O) groups excluding carboxylic acids is 1. The predicted molar refractivity (Wildman–Crippen MR) is 88.5 cm³/mol. The second-order valence-electron chi connectivity index (χ2n) is 5.16. The van der Waals surface area contributed by atoms with Gasteiger partial charge in [-0.3, -0.25) is 4.79 Å². The van der Waals surface area contributed by atoms with Crippen molar-refractivity contribution in [1.29, 1.82) is 0 Å². The summed E-state index contributed by atoms with van der Waals surface area (Å²) in [6.07, 6.45) is 3.23. The highest BCUT2D eigenvalue weighted by atomic mass is 35.5. The van der Waals surface area contributed by atoms with Crippen LogP contribution in [0.15, 0.2) is 29.6 Å². The SMILES string of the molecule is CNc1ccc(Cl)cc1C(=O)NC1CCCc2sccc21. The standard InChI is InChI=1S/C16H17ClN2OS/c1-18-13-6-5-10(17)9-12(13)16(20)19-14-3-2-4-15-11(14)7-8-21-15/h5-9,14,18H,2-4H2,1H3,(H,19,20). The van der Waals surface area contributed by atoms with Gasteiger partial charge in [-0.1, -0.05) is 11.6 Å². The second-order valence-corrected chi connectivity index (χ2v) is 6.59. The maximum absolute atomic E-state index is 12.6. The van der Waals surface area contributed by atoms with Crippen molar-refractivity contribution in [3.8, 4) is 0 Å². The normalized spacial score (nSPS) is 17.1. The summed E-state index contributed by atoms with van der Waals surface area (Å²) in [7, 11) is 1.80. The van der Waals surface area contributed by atoms with Gasteiger partial charge in [0, 0.05) is 22.6 Å². The van der Waals surface area contributed by atoms with Gasteiger partial charge in [-0.2, -0.15) is 0 Å². The van der Waals surface area contributed by atoms with Crippen LogP contribution < -0.4 is 10.6 Å². The maximum Gasteiger partial charge on any atom is 0.253 e. The van der Waals surface area contributed by atoms with Crippen LogP contribution in [-0.2, 0) is 6.42 Å². The fraction of sp³-hybridized carbons (Fsp3) is 0.312. The van der Waals surface area contributed by atoms with Gasteiger partial charge in [0.25, 0.3) is 5.91 Å². The summed E-state index contributed by atoms with van der Waals surface area (Å²) in [4.78, 5) is 14.0. The average molecular weight is 321 g/mol. The van der Waals surface area contributed by atoms with Crippen molar-refractivity contribution < 1.29 is 4.79 Å². The lowest BCUT2D eigenvalue weighted by Gasteiger charge is -2.24. The molecule has 3 nitrogen and oxygen atoms in total. The predicted octanol–water partition coefficient (Wildman–Crippen LogP) is 4.25. The van der Waals surface area contributed by atoms with Crippen molar-refractivity contribution in [3.05, 3.63) is 50.7 Å². The lowest BCUT2D eigenvalue weighted by Crippen LogP contribution is -2.30. The summed E-state index contributed by atoms with van der Waals surface area (Å²) in [6, 6.07) is 7.55. The number of anilines is 1. The minimum atomic E-state index is -0.0779. The van der Waals surface area contributed by atoms with Crippen LogP contribution >= 0.6 is 22.9 Å². The van der Waals surface area contributed by atoms with E-state index >= 15 is 0 Å².